The third-order valence-corrected chi connectivity index (χ3v) is 8.56. The highest BCUT2D eigenvalue weighted by Crippen LogP contribution is 2.34. The number of hydrogen-bond donors (Lipinski definition) is 2. The van der Waals surface area contributed by atoms with Crippen LogP contribution in [0.1, 0.15) is 48.0 Å². The summed E-state index contributed by atoms with van der Waals surface area (Å²) >= 11 is 0. The van der Waals surface area contributed by atoms with Crippen molar-refractivity contribution in [3.8, 4) is 28.4 Å². The van der Waals surface area contributed by atoms with Crippen molar-refractivity contribution in [1.29, 1.82) is 0 Å². The molecule has 1 aliphatic heterocycles. The van der Waals surface area contributed by atoms with Crippen LogP contribution in [0.25, 0.3) is 22.1 Å². The fourth-order valence-corrected chi connectivity index (χ4v) is 6.11. The number of amides is 1. The Hall–Kier alpha value is -4.34. The topological polar surface area (TPSA) is 108 Å². The largest absolute Gasteiger partial charge is 0.497 e. The minimum Gasteiger partial charge on any atom is -0.497 e. The van der Waals surface area contributed by atoms with Gasteiger partial charge in [-0.3, -0.25) is 4.79 Å². The molecule has 2 aliphatic rings. The van der Waals surface area contributed by atoms with Crippen LogP contribution in [0.4, 0.5) is 5.69 Å². The van der Waals surface area contributed by atoms with Crippen LogP contribution < -0.4 is 30.5 Å². The molecular weight excluding hydrogens is 560 g/mol. The summed E-state index contributed by atoms with van der Waals surface area (Å²) in [4.78, 5) is 26.3. The summed E-state index contributed by atoms with van der Waals surface area (Å²) < 4.78 is 28.5. The van der Waals surface area contributed by atoms with E-state index < -0.39 is 11.5 Å². The van der Waals surface area contributed by atoms with Crippen LogP contribution in [0, 0.1) is 6.92 Å². The summed E-state index contributed by atoms with van der Waals surface area (Å²) in [6, 6.07) is 19.0. The quantitative estimate of drug-likeness (QED) is 0.222. The second kappa shape index (κ2) is 13.1. The summed E-state index contributed by atoms with van der Waals surface area (Å²) in [6.45, 7) is 3.54. The Bertz CT molecular complexity index is 1700. The van der Waals surface area contributed by atoms with Gasteiger partial charge in [0.1, 0.15) is 28.5 Å². The van der Waals surface area contributed by atoms with Gasteiger partial charge >= 0.3 is 5.63 Å². The zero-order chi connectivity index (χ0) is 30.6. The van der Waals surface area contributed by atoms with Gasteiger partial charge in [-0.1, -0.05) is 12.1 Å². The Morgan fingerprint density at radius 3 is 2.45 bits per heavy atom. The van der Waals surface area contributed by atoms with Gasteiger partial charge in [0.05, 0.1) is 26.9 Å². The minimum atomic E-state index is -0.630. The molecule has 1 saturated heterocycles. The molecule has 6 rings (SSSR count). The van der Waals surface area contributed by atoms with Gasteiger partial charge in [-0.15, -0.1) is 0 Å². The normalized spacial score (nSPS) is 19.9. The Kier molecular flexibility index (Phi) is 8.86. The van der Waals surface area contributed by atoms with Crippen molar-refractivity contribution in [3.63, 3.8) is 0 Å². The Morgan fingerprint density at radius 2 is 1.70 bits per heavy atom. The number of hydrogen-bond acceptors (Lipinski definition) is 8. The molecule has 1 unspecified atom stereocenters. The molecule has 2 heterocycles. The number of ether oxygens (including phenoxy) is 4. The van der Waals surface area contributed by atoms with Crippen LogP contribution in [-0.4, -0.2) is 51.5 Å². The number of rotatable bonds is 9. The molecule has 0 spiro atoms. The molecule has 3 aromatic carbocycles. The second-order valence-corrected chi connectivity index (χ2v) is 11.5. The van der Waals surface area contributed by atoms with Crippen molar-refractivity contribution in [2.45, 2.75) is 57.2 Å². The van der Waals surface area contributed by atoms with E-state index in [1.807, 2.05) is 43.3 Å². The zero-order valence-corrected chi connectivity index (χ0v) is 25.3. The van der Waals surface area contributed by atoms with E-state index in [1.54, 1.807) is 38.5 Å². The van der Waals surface area contributed by atoms with Crippen LogP contribution in [0.5, 0.6) is 17.2 Å². The first-order valence-electron chi connectivity index (χ1n) is 15.1. The highest BCUT2D eigenvalue weighted by Gasteiger charge is 2.26. The summed E-state index contributed by atoms with van der Waals surface area (Å²) in [5.41, 5.74) is 2.57. The molecule has 1 saturated carbocycles. The fraction of sp³-hybridized carbons (Fsp3) is 0.371. The predicted molar refractivity (Wildman–Crippen MR) is 169 cm³/mol. The van der Waals surface area contributed by atoms with E-state index in [4.69, 9.17) is 23.4 Å². The van der Waals surface area contributed by atoms with Crippen molar-refractivity contribution < 1.29 is 28.2 Å². The highest BCUT2D eigenvalue weighted by atomic mass is 16.5. The number of anilines is 1. The van der Waals surface area contributed by atoms with Gasteiger partial charge in [-0.25, -0.2) is 4.79 Å². The number of aryl methyl sites for hydroxylation is 1. The number of nitrogens with one attached hydrogen (secondary N) is 2. The molecule has 1 aromatic heterocycles. The predicted octanol–water partition coefficient (Wildman–Crippen LogP) is 6.11. The van der Waals surface area contributed by atoms with E-state index >= 15 is 0 Å². The molecule has 1 aliphatic carbocycles. The lowest BCUT2D eigenvalue weighted by atomic mass is 9.92. The molecule has 1 atom stereocenters. The van der Waals surface area contributed by atoms with Gasteiger partial charge in [-0.05, 0) is 93.1 Å². The van der Waals surface area contributed by atoms with Crippen LogP contribution in [0.15, 0.2) is 69.9 Å². The maximum Gasteiger partial charge on any atom is 0.360 e. The number of fused-ring (bicyclic) bond motifs is 1. The van der Waals surface area contributed by atoms with Crippen molar-refractivity contribution in [2.24, 2.45) is 0 Å². The third kappa shape index (κ3) is 6.44. The standard InChI is InChI=1S/C35H38N2O7/c1-21-31(43-27-11-9-25(10-12-27)36-26-15-16-42-20-26)13-7-23-19-30(35(39)44-33(21)23)37-34(38)24-8-14-32(41-3)29(18-24)22-5-4-6-28(17-22)40-2/h4-8,13-14,17-19,25-27,36H,9-12,15-16,20H2,1-3H3,(H,37,38). The first kappa shape index (κ1) is 29.7. The highest BCUT2D eigenvalue weighted by molar-refractivity contribution is 6.05. The summed E-state index contributed by atoms with van der Waals surface area (Å²) in [5, 5.41) is 7.15. The van der Waals surface area contributed by atoms with Gasteiger partial charge in [0.25, 0.3) is 5.91 Å². The lowest BCUT2D eigenvalue weighted by Crippen LogP contribution is -2.42. The summed E-state index contributed by atoms with van der Waals surface area (Å²) in [7, 11) is 3.18. The smallest absolute Gasteiger partial charge is 0.360 e. The van der Waals surface area contributed by atoms with E-state index in [9.17, 15) is 9.59 Å². The molecule has 2 N–H and O–H groups in total. The number of carbonyl (C=O) groups is 1. The molecule has 230 valence electrons. The SMILES string of the molecule is COc1cccc(-c2cc(C(=O)Nc3cc4ccc(OC5CCC(NC6CCOC6)CC5)c(C)c4oc3=O)ccc2OC)c1. The first-order chi connectivity index (χ1) is 21.4. The summed E-state index contributed by atoms with van der Waals surface area (Å²) in [6.07, 6.45) is 5.23. The van der Waals surface area contributed by atoms with Crippen molar-refractivity contribution in [1.82, 2.24) is 5.32 Å². The second-order valence-electron chi connectivity index (χ2n) is 11.5. The number of benzene rings is 3. The monoisotopic (exact) mass is 598 g/mol. The maximum atomic E-state index is 13.3. The molecule has 44 heavy (non-hydrogen) atoms. The average Bonchev–Trinajstić information content (AvgIpc) is 3.57. The lowest BCUT2D eigenvalue weighted by molar-refractivity contribution is 0.102. The summed E-state index contributed by atoms with van der Waals surface area (Å²) in [5.74, 6) is 1.57. The number of methoxy groups -OCH3 is 2. The van der Waals surface area contributed by atoms with Crippen molar-refractivity contribution in [2.75, 3.05) is 32.8 Å². The van der Waals surface area contributed by atoms with Crippen LogP contribution >= 0.6 is 0 Å². The van der Waals surface area contributed by atoms with Crippen molar-refractivity contribution >= 4 is 22.6 Å². The Labute approximate surface area is 256 Å². The van der Waals surface area contributed by atoms with E-state index in [1.165, 1.54) is 0 Å². The van der Waals surface area contributed by atoms with Crippen LogP contribution in [0.3, 0.4) is 0 Å². The van der Waals surface area contributed by atoms with Crippen LogP contribution in [-0.2, 0) is 4.74 Å². The van der Waals surface area contributed by atoms with Gasteiger partial charge in [0.2, 0.25) is 0 Å². The zero-order valence-electron chi connectivity index (χ0n) is 25.3. The fourth-order valence-electron chi connectivity index (χ4n) is 6.11. The van der Waals surface area contributed by atoms with Gasteiger partial charge in [-0.2, -0.15) is 0 Å². The van der Waals surface area contributed by atoms with Crippen molar-refractivity contribution in [3.05, 3.63) is 82.2 Å². The molecule has 2 fully saturated rings. The third-order valence-electron chi connectivity index (χ3n) is 8.56. The van der Waals surface area contributed by atoms with Crippen LogP contribution in [0.2, 0.25) is 0 Å². The van der Waals surface area contributed by atoms with E-state index in [2.05, 4.69) is 10.6 Å². The minimum absolute atomic E-state index is 0.0628. The molecule has 9 heteroatoms. The molecule has 1 amide bonds. The molecule has 0 radical (unpaired) electrons. The molecule has 0 bridgehead atoms. The molecular formula is C35H38N2O7. The lowest BCUT2D eigenvalue weighted by Gasteiger charge is -2.31. The van der Waals surface area contributed by atoms with Gasteiger partial charge in [0, 0.05) is 40.8 Å². The van der Waals surface area contributed by atoms with E-state index in [0.29, 0.717) is 45.9 Å². The van der Waals surface area contributed by atoms with Gasteiger partial charge in [0.15, 0.2) is 0 Å². The molecule has 9 nitrogen and oxygen atoms in total. The van der Waals surface area contributed by atoms with E-state index in [-0.39, 0.29) is 11.8 Å². The van der Waals surface area contributed by atoms with E-state index in [0.717, 1.165) is 62.0 Å². The number of carbonyl (C=O) groups excluding carboxylic acids is 1. The first-order valence-corrected chi connectivity index (χ1v) is 15.1. The maximum absolute atomic E-state index is 13.3. The Morgan fingerprint density at radius 1 is 0.886 bits per heavy atom. The average molecular weight is 599 g/mol. The molecule has 4 aromatic rings. The van der Waals surface area contributed by atoms with Gasteiger partial charge < -0.3 is 34.0 Å². The Balaban J connectivity index is 1.16.